The predicted octanol–water partition coefficient (Wildman–Crippen LogP) is 4.95. The van der Waals surface area contributed by atoms with Crippen molar-refractivity contribution in [1.82, 2.24) is 35.7 Å². The Morgan fingerprint density at radius 1 is 0.980 bits per heavy atom. The van der Waals surface area contributed by atoms with Crippen molar-refractivity contribution >= 4 is 34.1 Å². The van der Waals surface area contributed by atoms with Gasteiger partial charge in [-0.3, -0.25) is 14.6 Å². The second-order valence-electron chi connectivity index (χ2n) is 12.4. The summed E-state index contributed by atoms with van der Waals surface area (Å²) in [6.07, 6.45) is 7.40. The molecule has 7 rings (SSSR count). The van der Waals surface area contributed by atoms with Crippen LogP contribution in [0.2, 0.25) is 0 Å². The van der Waals surface area contributed by atoms with Gasteiger partial charge in [0.25, 0.3) is 5.91 Å². The number of halogens is 1. The first-order valence-electron chi connectivity index (χ1n) is 16.8. The average molecular weight is 667 g/mol. The first-order chi connectivity index (χ1) is 23.9. The highest BCUT2D eigenvalue weighted by molar-refractivity contribution is 6.05. The number of benzene rings is 2. The number of H-pyrrole nitrogens is 1. The second-order valence-corrected chi connectivity index (χ2v) is 12.4. The van der Waals surface area contributed by atoms with E-state index in [1.165, 1.54) is 0 Å². The zero-order chi connectivity index (χ0) is 33.9. The molecule has 1 saturated heterocycles. The molecule has 0 bridgehead atoms. The molecule has 256 valence electrons. The van der Waals surface area contributed by atoms with E-state index in [1.807, 2.05) is 65.7 Å². The Labute approximate surface area is 286 Å². The van der Waals surface area contributed by atoms with E-state index in [4.69, 9.17) is 9.72 Å². The smallest absolute Gasteiger partial charge is 0.270 e. The van der Waals surface area contributed by atoms with Gasteiger partial charge in [-0.05, 0) is 54.3 Å². The summed E-state index contributed by atoms with van der Waals surface area (Å²) in [4.78, 5) is 40.8. The lowest BCUT2D eigenvalue weighted by Crippen LogP contribution is -2.49. The number of hydrogen-bond donors (Lipinski definition) is 3. The predicted molar refractivity (Wildman–Crippen MR) is 190 cm³/mol. The molecule has 5 heterocycles. The third-order valence-electron chi connectivity index (χ3n) is 9.49. The Morgan fingerprint density at radius 2 is 1.82 bits per heavy atom. The Bertz CT molecular complexity index is 1940. The summed E-state index contributed by atoms with van der Waals surface area (Å²) in [5, 5.41) is 2.40. The zero-order valence-corrected chi connectivity index (χ0v) is 27.8. The quantitative estimate of drug-likeness (QED) is 0.231. The number of anilines is 1. The largest absolute Gasteiger partial charge is 0.496 e. The number of ether oxygens (including phenoxy) is 1. The highest BCUT2D eigenvalue weighted by Gasteiger charge is 2.28. The third-order valence-corrected chi connectivity index (χ3v) is 9.49. The number of nitrogens with one attached hydrogen (secondary N) is 3. The topological polar surface area (TPSA) is 109 Å². The zero-order valence-electron chi connectivity index (χ0n) is 27.8. The van der Waals surface area contributed by atoms with E-state index >= 15 is 4.39 Å². The normalized spacial score (nSPS) is 16.3. The summed E-state index contributed by atoms with van der Waals surface area (Å²) in [5.41, 5.74) is 10.1. The lowest BCUT2D eigenvalue weighted by molar-refractivity contribution is -0.131. The van der Waals surface area contributed by atoms with Crippen LogP contribution < -0.4 is 20.6 Å². The van der Waals surface area contributed by atoms with Gasteiger partial charge in [0.1, 0.15) is 17.3 Å². The third kappa shape index (κ3) is 6.56. The Morgan fingerprint density at radius 3 is 2.59 bits per heavy atom. The number of pyridine rings is 1. The lowest BCUT2D eigenvalue weighted by atomic mass is 9.93. The van der Waals surface area contributed by atoms with Crippen LogP contribution in [0.3, 0.4) is 0 Å². The molecule has 3 N–H and O–H groups in total. The van der Waals surface area contributed by atoms with E-state index in [-0.39, 0.29) is 18.8 Å². The van der Waals surface area contributed by atoms with Gasteiger partial charge in [-0.25, -0.2) is 9.37 Å². The monoisotopic (exact) mass is 666 g/mol. The highest BCUT2D eigenvalue weighted by Crippen LogP contribution is 2.40. The molecular weight excluding hydrogens is 623 g/mol. The van der Waals surface area contributed by atoms with Crippen LogP contribution in [0, 0.1) is 5.82 Å². The number of amides is 2. The van der Waals surface area contributed by atoms with Crippen molar-refractivity contribution in [2.75, 3.05) is 57.8 Å². The molecule has 0 unspecified atom stereocenters. The summed E-state index contributed by atoms with van der Waals surface area (Å²) in [6.45, 7) is 5.82. The van der Waals surface area contributed by atoms with Crippen LogP contribution in [0.1, 0.15) is 42.9 Å². The number of carbonyl (C=O) groups excluding carboxylic acids is 2. The first-order valence-corrected chi connectivity index (χ1v) is 16.8. The maximum Gasteiger partial charge on any atom is 0.270 e. The van der Waals surface area contributed by atoms with Gasteiger partial charge in [-0.1, -0.05) is 37.3 Å². The number of para-hydroxylation sites is 1. The van der Waals surface area contributed by atoms with Crippen LogP contribution in [0.5, 0.6) is 5.75 Å². The number of fused-ring (bicyclic) bond motifs is 1. The maximum atomic E-state index is 16.7. The van der Waals surface area contributed by atoms with Gasteiger partial charge in [-0.15, -0.1) is 5.53 Å². The van der Waals surface area contributed by atoms with Crippen LogP contribution >= 0.6 is 0 Å². The Hall–Kier alpha value is -5.36. The number of hydrogen-bond acceptors (Lipinski definition) is 8. The first kappa shape index (κ1) is 32.2. The van der Waals surface area contributed by atoms with Gasteiger partial charge >= 0.3 is 0 Å². The number of aromatic amines is 1. The summed E-state index contributed by atoms with van der Waals surface area (Å²) in [6, 6.07) is 17.2. The molecule has 0 saturated carbocycles. The van der Waals surface area contributed by atoms with Crippen LogP contribution in [-0.4, -0.2) is 89.5 Å². The van der Waals surface area contributed by atoms with E-state index in [9.17, 15) is 9.59 Å². The van der Waals surface area contributed by atoms with E-state index < -0.39 is 5.82 Å². The molecule has 49 heavy (non-hydrogen) atoms. The molecular formula is C37H43FN8O3. The fourth-order valence-electron chi connectivity index (χ4n) is 6.79. The number of rotatable bonds is 9. The van der Waals surface area contributed by atoms with Gasteiger partial charge in [0.2, 0.25) is 5.91 Å². The molecule has 4 aromatic rings. The molecule has 0 radical (unpaired) electrons. The molecule has 3 aliphatic rings. The number of carbonyl (C=O) groups is 2. The number of methoxy groups -OCH3 is 1. The molecule has 2 aromatic carbocycles. The molecule has 0 aliphatic carbocycles. The van der Waals surface area contributed by atoms with Crippen molar-refractivity contribution in [3.8, 4) is 16.9 Å². The molecule has 3 aliphatic heterocycles. The minimum absolute atomic E-state index is 0. The van der Waals surface area contributed by atoms with Crippen molar-refractivity contribution in [2.24, 2.45) is 0 Å². The molecule has 2 aromatic heterocycles. The summed E-state index contributed by atoms with van der Waals surface area (Å²) < 4.78 is 22.4. The highest BCUT2D eigenvalue weighted by atomic mass is 19.1. The number of hydrazine groups is 2. The van der Waals surface area contributed by atoms with Crippen LogP contribution in [0.4, 0.5) is 10.2 Å². The average Bonchev–Trinajstić information content (AvgIpc) is 3.85. The minimum Gasteiger partial charge on any atom is -0.496 e. The molecule has 12 heteroatoms. The minimum atomic E-state index is -0.447. The van der Waals surface area contributed by atoms with E-state index in [0.717, 1.165) is 34.6 Å². The van der Waals surface area contributed by atoms with Gasteiger partial charge in [0.05, 0.1) is 12.6 Å². The summed E-state index contributed by atoms with van der Waals surface area (Å²) in [7, 11) is 1.61. The van der Waals surface area contributed by atoms with Crippen molar-refractivity contribution in [2.45, 2.75) is 26.2 Å². The SMILES string of the molecule is CCc1cccc(N2CCN(C(=O)c3cc4c(-c5ccccc5OC)cc(C5=CCCN(C(=O)CCN6C=CNN6)C5)c(F)c4[nH]3)CC2)n1.[HH]. The number of nitrogens with zero attached hydrogens (tertiary/aromatic N) is 5. The lowest BCUT2D eigenvalue weighted by Gasteiger charge is -2.35. The maximum absolute atomic E-state index is 16.7. The number of aryl methyl sites for hydroxylation is 1. The molecule has 2 amide bonds. The Kier molecular flexibility index (Phi) is 9.21. The molecule has 11 nitrogen and oxygen atoms in total. The van der Waals surface area contributed by atoms with Gasteiger partial charge < -0.3 is 29.8 Å². The van der Waals surface area contributed by atoms with E-state index in [0.29, 0.717) is 81.0 Å². The van der Waals surface area contributed by atoms with Crippen LogP contribution in [0.15, 0.2) is 73.1 Å². The van der Waals surface area contributed by atoms with Crippen molar-refractivity contribution < 1.29 is 20.1 Å². The number of aromatic nitrogens is 2. The van der Waals surface area contributed by atoms with Gasteiger partial charge in [0, 0.05) is 88.3 Å². The fourth-order valence-corrected chi connectivity index (χ4v) is 6.79. The number of piperazine rings is 1. The Balaban J connectivity index is 0.00000432. The fraction of sp³-hybridized carbons (Fsp3) is 0.324. The van der Waals surface area contributed by atoms with Gasteiger partial charge in [0.15, 0.2) is 5.82 Å². The molecule has 0 atom stereocenters. The van der Waals surface area contributed by atoms with Crippen LogP contribution in [-0.2, 0) is 11.2 Å². The summed E-state index contributed by atoms with van der Waals surface area (Å²) in [5.74, 6) is 0.937. The van der Waals surface area contributed by atoms with Crippen molar-refractivity contribution in [1.29, 1.82) is 0 Å². The van der Waals surface area contributed by atoms with E-state index in [2.05, 4.69) is 27.8 Å². The van der Waals surface area contributed by atoms with Crippen molar-refractivity contribution in [3.05, 3.63) is 95.8 Å². The second kappa shape index (κ2) is 14.0. The van der Waals surface area contributed by atoms with Gasteiger partial charge in [-0.2, -0.15) is 0 Å². The standard InChI is InChI=1S/C37H41FN8O3.H2/c1-3-26-9-6-12-33(40-26)43-18-20-44(21-19-43)37(48)31-23-30-29(27-10-4-5-11-32(27)49-2)22-28(35(38)36(30)41-31)25-8-7-15-45(24-25)34(47)13-16-46-17-14-39-42-46;/h4-6,8-12,14,17,22-23,39,41-42H,3,7,13,15-16,18-21,24H2,1-2H3;1H. The summed E-state index contributed by atoms with van der Waals surface area (Å²) >= 11 is 0. The molecule has 0 spiro atoms. The van der Waals surface area contributed by atoms with Crippen molar-refractivity contribution in [3.63, 3.8) is 0 Å². The van der Waals surface area contributed by atoms with Crippen LogP contribution in [0.25, 0.3) is 27.6 Å². The van der Waals surface area contributed by atoms with E-state index in [1.54, 1.807) is 29.3 Å². The molecule has 1 fully saturated rings.